The molecule has 1 fully saturated rings. The molecule has 1 unspecified atom stereocenters. The number of hydrogen-bond donors (Lipinski definition) is 0. The van der Waals surface area contributed by atoms with Gasteiger partial charge in [0.05, 0.1) is 0 Å². The Morgan fingerprint density at radius 2 is 2.00 bits per heavy atom. The van der Waals surface area contributed by atoms with Gasteiger partial charge in [-0.2, -0.15) is 0 Å². The van der Waals surface area contributed by atoms with Crippen LogP contribution in [-0.2, 0) is 4.79 Å². The van der Waals surface area contributed by atoms with E-state index in [0.717, 1.165) is 19.3 Å². The van der Waals surface area contributed by atoms with Gasteiger partial charge in [-0.1, -0.05) is 20.8 Å². The van der Waals surface area contributed by atoms with Gasteiger partial charge in [-0.3, -0.25) is 4.79 Å². The van der Waals surface area contributed by atoms with Crippen molar-refractivity contribution >= 4 is 5.78 Å². The van der Waals surface area contributed by atoms with Crippen LogP contribution in [0.3, 0.4) is 0 Å². The summed E-state index contributed by atoms with van der Waals surface area (Å²) in [5.74, 6) is 0.785. The fourth-order valence-corrected chi connectivity index (χ4v) is 1.60. The minimum absolute atomic E-state index is 0.316. The maximum Gasteiger partial charge on any atom is 0.135 e. The monoisotopic (exact) mass is 154 g/mol. The minimum Gasteiger partial charge on any atom is -0.299 e. The van der Waals surface area contributed by atoms with E-state index in [1.54, 1.807) is 0 Å². The molecule has 0 aromatic carbocycles. The van der Waals surface area contributed by atoms with E-state index in [9.17, 15) is 4.79 Å². The second-order valence-corrected chi connectivity index (χ2v) is 4.57. The van der Waals surface area contributed by atoms with Crippen molar-refractivity contribution in [2.45, 2.75) is 46.5 Å². The van der Waals surface area contributed by atoms with Crippen molar-refractivity contribution in [1.82, 2.24) is 0 Å². The lowest BCUT2D eigenvalue weighted by molar-refractivity contribution is -0.122. The summed E-state index contributed by atoms with van der Waals surface area (Å²) in [6, 6.07) is 0. The Bertz CT molecular complexity index is 158. The summed E-state index contributed by atoms with van der Waals surface area (Å²) in [7, 11) is 0. The molecule has 0 saturated heterocycles. The molecule has 11 heavy (non-hydrogen) atoms. The van der Waals surface area contributed by atoms with Gasteiger partial charge in [-0.25, -0.2) is 0 Å². The average Bonchev–Trinajstić information content (AvgIpc) is 2.03. The predicted molar refractivity (Wildman–Crippen MR) is 46.4 cm³/mol. The van der Waals surface area contributed by atoms with Crippen molar-refractivity contribution in [1.29, 1.82) is 0 Å². The lowest BCUT2D eigenvalue weighted by Gasteiger charge is -2.20. The maximum absolute atomic E-state index is 11.3. The third-order valence-corrected chi connectivity index (χ3v) is 2.85. The molecule has 0 heterocycles. The highest BCUT2D eigenvalue weighted by Gasteiger charge is 2.26. The highest BCUT2D eigenvalue weighted by atomic mass is 16.1. The summed E-state index contributed by atoms with van der Waals surface area (Å²) >= 11 is 0. The summed E-state index contributed by atoms with van der Waals surface area (Å²) in [5.41, 5.74) is 0.403. The van der Waals surface area contributed by atoms with E-state index >= 15 is 0 Å². The Morgan fingerprint density at radius 3 is 2.64 bits per heavy atom. The van der Waals surface area contributed by atoms with Crippen LogP contribution in [0.25, 0.3) is 0 Å². The Hall–Kier alpha value is -0.330. The first-order chi connectivity index (χ1) is 5.01. The molecule has 0 spiro atoms. The molecule has 0 aromatic rings. The Labute approximate surface area is 69.2 Å². The molecule has 64 valence electrons. The first-order valence-corrected chi connectivity index (χ1v) is 4.54. The van der Waals surface area contributed by atoms with E-state index in [0.29, 0.717) is 17.1 Å². The van der Waals surface area contributed by atoms with Gasteiger partial charge in [0.2, 0.25) is 0 Å². The van der Waals surface area contributed by atoms with Gasteiger partial charge in [-0.05, 0) is 24.7 Å². The largest absolute Gasteiger partial charge is 0.299 e. The van der Waals surface area contributed by atoms with Gasteiger partial charge in [0.1, 0.15) is 5.78 Å². The van der Waals surface area contributed by atoms with Gasteiger partial charge < -0.3 is 0 Å². The van der Waals surface area contributed by atoms with Crippen LogP contribution < -0.4 is 0 Å². The normalized spacial score (nSPS) is 31.5. The van der Waals surface area contributed by atoms with Gasteiger partial charge in [0, 0.05) is 12.3 Å². The Morgan fingerprint density at radius 1 is 1.36 bits per heavy atom. The van der Waals surface area contributed by atoms with Crippen LogP contribution in [0.15, 0.2) is 0 Å². The lowest BCUT2D eigenvalue weighted by Crippen LogP contribution is -2.08. The topological polar surface area (TPSA) is 17.1 Å². The van der Waals surface area contributed by atoms with Crippen LogP contribution in [0, 0.1) is 11.3 Å². The van der Waals surface area contributed by atoms with Crippen LogP contribution in [0.5, 0.6) is 0 Å². The molecular weight excluding hydrogens is 136 g/mol. The molecular formula is C10H18O. The number of Topliss-reactive ketones (excluding diaryl/α,β-unsaturated/α-hetero) is 1. The summed E-state index contributed by atoms with van der Waals surface area (Å²) in [4.78, 5) is 11.3. The highest BCUT2D eigenvalue weighted by Crippen LogP contribution is 2.34. The molecule has 0 N–H and O–H groups in total. The van der Waals surface area contributed by atoms with Gasteiger partial charge >= 0.3 is 0 Å². The first kappa shape index (κ1) is 8.76. The van der Waals surface area contributed by atoms with Crippen LogP contribution in [0.2, 0.25) is 0 Å². The predicted octanol–water partition coefficient (Wildman–Crippen LogP) is 2.79. The number of carbonyl (C=O) groups is 1. The molecule has 1 aliphatic carbocycles. The quantitative estimate of drug-likeness (QED) is 0.490. The zero-order valence-corrected chi connectivity index (χ0v) is 7.81. The lowest BCUT2D eigenvalue weighted by atomic mass is 9.85. The first-order valence-electron chi connectivity index (χ1n) is 4.54. The summed E-state index contributed by atoms with van der Waals surface area (Å²) in [6.07, 6.45) is 4.18. The van der Waals surface area contributed by atoms with Crippen LogP contribution in [-0.4, -0.2) is 5.78 Å². The number of rotatable bonds is 0. The molecule has 0 radical (unpaired) electrons. The van der Waals surface area contributed by atoms with Gasteiger partial charge in [0.25, 0.3) is 0 Å². The third kappa shape index (κ3) is 2.32. The Kier molecular flexibility index (Phi) is 2.36. The Balaban J connectivity index is 2.58. The third-order valence-electron chi connectivity index (χ3n) is 2.85. The van der Waals surface area contributed by atoms with Crippen molar-refractivity contribution in [3.05, 3.63) is 0 Å². The minimum atomic E-state index is 0.316. The summed E-state index contributed by atoms with van der Waals surface area (Å²) in [6.45, 7) is 6.58. The fourth-order valence-electron chi connectivity index (χ4n) is 1.60. The van der Waals surface area contributed by atoms with Crippen molar-refractivity contribution < 1.29 is 4.79 Å². The van der Waals surface area contributed by atoms with Gasteiger partial charge in [-0.15, -0.1) is 0 Å². The van der Waals surface area contributed by atoms with Crippen molar-refractivity contribution in [2.75, 3.05) is 0 Å². The second kappa shape index (κ2) is 2.96. The van der Waals surface area contributed by atoms with Gasteiger partial charge in [0.15, 0.2) is 0 Å². The highest BCUT2D eigenvalue weighted by molar-refractivity contribution is 5.80. The maximum atomic E-state index is 11.3. The molecule has 1 aliphatic rings. The number of carbonyl (C=O) groups excluding carboxylic acids is 1. The van der Waals surface area contributed by atoms with E-state index < -0.39 is 0 Å². The van der Waals surface area contributed by atoms with Crippen LogP contribution in [0.1, 0.15) is 46.5 Å². The standard InChI is InChI=1S/C10H18O/c1-8-4-6-10(2,3)7-5-9(8)11/h8H,4-7H2,1-3H3. The summed E-state index contributed by atoms with van der Waals surface area (Å²) < 4.78 is 0. The molecule has 0 amide bonds. The molecule has 1 atom stereocenters. The molecule has 1 rings (SSSR count). The molecule has 0 aliphatic heterocycles. The van der Waals surface area contributed by atoms with Crippen molar-refractivity contribution in [2.24, 2.45) is 11.3 Å². The van der Waals surface area contributed by atoms with E-state index in [1.165, 1.54) is 6.42 Å². The smallest absolute Gasteiger partial charge is 0.135 e. The van der Waals surface area contributed by atoms with E-state index in [1.807, 2.05) is 0 Å². The zero-order chi connectivity index (χ0) is 8.48. The number of ketones is 1. The molecule has 0 aromatic heterocycles. The summed E-state index contributed by atoms with van der Waals surface area (Å²) in [5, 5.41) is 0. The number of hydrogen-bond acceptors (Lipinski definition) is 1. The van der Waals surface area contributed by atoms with Crippen LogP contribution in [0.4, 0.5) is 0 Å². The second-order valence-electron chi connectivity index (χ2n) is 4.57. The van der Waals surface area contributed by atoms with E-state index in [4.69, 9.17) is 0 Å². The average molecular weight is 154 g/mol. The van der Waals surface area contributed by atoms with E-state index in [2.05, 4.69) is 20.8 Å². The fraction of sp³-hybridized carbons (Fsp3) is 0.900. The molecule has 1 saturated carbocycles. The molecule has 1 heteroatoms. The van der Waals surface area contributed by atoms with Crippen molar-refractivity contribution in [3.8, 4) is 0 Å². The zero-order valence-electron chi connectivity index (χ0n) is 7.81. The van der Waals surface area contributed by atoms with Crippen molar-refractivity contribution in [3.63, 3.8) is 0 Å². The SMILES string of the molecule is CC1CCC(C)(C)CCC1=O. The van der Waals surface area contributed by atoms with E-state index in [-0.39, 0.29) is 0 Å². The molecule has 0 bridgehead atoms. The molecule has 1 nitrogen and oxygen atoms in total. The van der Waals surface area contributed by atoms with Crippen LogP contribution >= 0.6 is 0 Å².